The third-order valence-corrected chi connectivity index (χ3v) is 7.77. The Bertz CT molecular complexity index is 590. The maximum Gasteiger partial charge on any atom is 0.0991 e. The standard InChI is InChI=1S/C19H27N3S2/c1-19(2,24-23)18-14-21(17-4-3-5-17)10-11-22(18)13-16-8-6-15(12-20)7-9-16/h6-9,17-18,23H,3-5,10-11,13-14H2,1-2H3. The molecule has 1 aliphatic heterocycles. The molecule has 24 heavy (non-hydrogen) atoms. The Morgan fingerprint density at radius 1 is 1.25 bits per heavy atom. The molecule has 0 amide bonds. The highest BCUT2D eigenvalue weighted by molar-refractivity contribution is 8.69. The summed E-state index contributed by atoms with van der Waals surface area (Å²) in [6.45, 7) is 8.99. The van der Waals surface area contributed by atoms with Crippen molar-refractivity contribution in [2.24, 2.45) is 0 Å². The molecule has 5 heteroatoms. The number of benzene rings is 1. The zero-order valence-electron chi connectivity index (χ0n) is 14.6. The third kappa shape index (κ3) is 3.94. The first-order valence-corrected chi connectivity index (χ1v) is 10.7. The van der Waals surface area contributed by atoms with Gasteiger partial charge in [0, 0.05) is 43.0 Å². The molecule has 1 aromatic carbocycles. The minimum atomic E-state index is 0.109. The molecule has 0 aromatic heterocycles. The molecule has 1 aromatic rings. The molecule has 0 N–H and O–H groups in total. The van der Waals surface area contributed by atoms with Gasteiger partial charge in [0.1, 0.15) is 0 Å². The van der Waals surface area contributed by atoms with E-state index in [0.29, 0.717) is 6.04 Å². The summed E-state index contributed by atoms with van der Waals surface area (Å²) >= 11 is 4.56. The van der Waals surface area contributed by atoms with Gasteiger partial charge in [0.25, 0.3) is 0 Å². The number of hydrogen-bond donors (Lipinski definition) is 1. The zero-order valence-corrected chi connectivity index (χ0v) is 16.3. The largest absolute Gasteiger partial charge is 0.298 e. The Balaban J connectivity index is 1.73. The smallest absolute Gasteiger partial charge is 0.0991 e. The molecular formula is C19H27N3S2. The number of thiol groups is 1. The number of nitriles is 1. The van der Waals surface area contributed by atoms with Crippen LogP contribution in [-0.2, 0) is 6.54 Å². The van der Waals surface area contributed by atoms with Gasteiger partial charge in [-0.3, -0.25) is 9.80 Å². The van der Waals surface area contributed by atoms with E-state index >= 15 is 0 Å². The van der Waals surface area contributed by atoms with Gasteiger partial charge in [0.2, 0.25) is 0 Å². The molecule has 1 aliphatic carbocycles. The van der Waals surface area contributed by atoms with Gasteiger partial charge in [-0.05, 0) is 44.4 Å². The van der Waals surface area contributed by atoms with Crippen molar-refractivity contribution in [2.75, 3.05) is 19.6 Å². The maximum absolute atomic E-state index is 8.96. The Hall–Kier alpha value is -0.670. The van der Waals surface area contributed by atoms with E-state index in [1.807, 2.05) is 12.1 Å². The van der Waals surface area contributed by atoms with Crippen LogP contribution in [0.5, 0.6) is 0 Å². The maximum atomic E-state index is 8.96. The molecule has 0 spiro atoms. The number of rotatable bonds is 5. The second kappa shape index (κ2) is 7.70. The summed E-state index contributed by atoms with van der Waals surface area (Å²) in [5.74, 6) is 0. The highest BCUT2D eigenvalue weighted by Gasteiger charge is 2.40. The van der Waals surface area contributed by atoms with Crippen molar-refractivity contribution >= 4 is 22.5 Å². The molecular weight excluding hydrogens is 334 g/mol. The average molecular weight is 362 g/mol. The van der Waals surface area contributed by atoms with Crippen molar-refractivity contribution in [1.29, 1.82) is 5.26 Å². The molecule has 2 fully saturated rings. The van der Waals surface area contributed by atoms with Crippen LogP contribution in [0.25, 0.3) is 0 Å². The fourth-order valence-electron chi connectivity index (χ4n) is 3.75. The fourth-order valence-corrected chi connectivity index (χ4v) is 4.46. The Labute approximate surface area is 155 Å². The highest BCUT2D eigenvalue weighted by Crippen LogP contribution is 2.37. The Morgan fingerprint density at radius 2 is 1.96 bits per heavy atom. The minimum absolute atomic E-state index is 0.109. The first kappa shape index (κ1) is 18.1. The van der Waals surface area contributed by atoms with Crippen LogP contribution in [0.3, 0.4) is 0 Å². The fraction of sp³-hybridized carbons (Fsp3) is 0.632. The predicted octanol–water partition coefficient (Wildman–Crippen LogP) is 3.95. The van der Waals surface area contributed by atoms with Gasteiger partial charge in [-0.1, -0.05) is 29.3 Å². The van der Waals surface area contributed by atoms with E-state index in [4.69, 9.17) is 5.26 Å². The van der Waals surface area contributed by atoms with Crippen LogP contribution in [0.1, 0.15) is 44.2 Å². The first-order valence-electron chi connectivity index (χ1n) is 8.83. The van der Waals surface area contributed by atoms with E-state index in [2.05, 4.69) is 53.5 Å². The van der Waals surface area contributed by atoms with Crippen molar-refractivity contribution in [3.05, 3.63) is 35.4 Å². The molecule has 2 aliphatic rings. The van der Waals surface area contributed by atoms with E-state index in [9.17, 15) is 0 Å². The van der Waals surface area contributed by atoms with Gasteiger partial charge < -0.3 is 0 Å². The van der Waals surface area contributed by atoms with Crippen molar-refractivity contribution in [1.82, 2.24) is 9.80 Å². The summed E-state index contributed by atoms with van der Waals surface area (Å²) in [6.07, 6.45) is 4.14. The summed E-state index contributed by atoms with van der Waals surface area (Å²) in [6, 6.07) is 11.5. The van der Waals surface area contributed by atoms with E-state index in [1.165, 1.54) is 31.4 Å². The number of nitrogens with zero attached hydrogens (tertiary/aromatic N) is 3. The van der Waals surface area contributed by atoms with Gasteiger partial charge in [0.15, 0.2) is 0 Å². The number of hydrogen-bond acceptors (Lipinski definition) is 5. The molecule has 1 atom stereocenters. The van der Waals surface area contributed by atoms with E-state index in [0.717, 1.165) is 31.2 Å². The topological polar surface area (TPSA) is 30.3 Å². The van der Waals surface area contributed by atoms with Crippen molar-refractivity contribution in [3.63, 3.8) is 0 Å². The first-order chi connectivity index (χ1) is 11.5. The van der Waals surface area contributed by atoms with Crippen molar-refractivity contribution in [2.45, 2.75) is 56.5 Å². The van der Waals surface area contributed by atoms with Crippen molar-refractivity contribution in [3.8, 4) is 6.07 Å². The second-order valence-electron chi connectivity index (χ2n) is 7.57. The van der Waals surface area contributed by atoms with Gasteiger partial charge in [0.05, 0.1) is 11.6 Å². The average Bonchev–Trinajstić information content (AvgIpc) is 2.55. The van der Waals surface area contributed by atoms with Gasteiger partial charge in [-0.2, -0.15) is 5.26 Å². The molecule has 1 saturated carbocycles. The lowest BCUT2D eigenvalue weighted by atomic mass is 9.88. The van der Waals surface area contributed by atoms with Crippen LogP contribution < -0.4 is 0 Å². The highest BCUT2D eigenvalue weighted by atomic mass is 33.1. The van der Waals surface area contributed by atoms with Gasteiger partial charge >= 0.3 is 0 Å². The van der Waals surface area contributed by atoms with Crippen LogP contribution in [0, 0.1) is 11.3 Å². The molecule has 0 bridgehead atoms. The van der Waals surface area contributed by atoms with Crippen LogP contribution in [-0.4, -0.2) is 46.3 Å². The summed E-state index contributed by atoms with van der Waals surface area (Å²) < 4.78 is 0.109. The van der Waals surface area contributed by atoms with Crippen LogP contribution in [0.4, 0.5) is 0 Å². The Morgan fingerprint density at radius 3 is 2.50 bits per heavy atom. The lowest BCUT2D eigenvalue weighted by molar-refractivity contribution is 0.00961. The summed E-state index contributed by atoms with van der Waals surface area (Å²) in [7, 11) is 1.68. The third-order valence-electron chi connectivity index (χ3n) is 5.62. The molecule has 1 unspecified atom stereocenters. The SMILES string of the molecule is CC(C)(SS)C1CN(C2CCC2)CCN1Cc1ccc(C#N)cc1. The summed E-state index contributed by atoms with van der Waals surface area (Å²) in [5, 5.41) is 8.96. The molecule has 1 saturated heterocycles. The molecule has 130 valence electrons. The van der Waals surface area contributed by atoms with Gasteiger partial charge in [-0.25, -0.2) is 0 Å². The lowest BCUT2D eigenvalue weighted by Gasteiger charge is -2.51. The normalized spacial score (nSPS) is 23.7. The molecule has 3 nitrogen and oxygen atoms in total. The van der Waals surface area contributed by atoms with Crippen LogP contribution in [0.2, 0.25) is 0 Å². The Kier molecular flexibility index (Phi) is 5.82. The van der Waals surface area contributed by atoms with Crippen LogP contribution in [0.15, 0.2) is 24.3 Å². The summed E-state index contributed by atoms with van der Waals surface area (Å²) in [4.78, 5) is 5.31. The monoisotopic (exact) mass is 361 g/mol. The zero-order chi connectivity index (χ0) is 17.2. The number of piperazine rings is 1. The second-order valence-corrected chi connectivity index (χ2v) is 9.35. The molecule has 0 radical (unpaired) electrons. The molecule has 3 rings (SSSR count). The van der Waals surface area contributed by atoms with Crippen LogP contribution >= 0.6 is 22.5 Å². The molecule has 1 heterocycles. The minimum Gasteiger partial charge on any atom is -0.298 e. The van der Waals surface area contributed by atoms with E-state index in [-0.39, 0.29) is 4.75 Å². The van der Waals surface area contributed by atoms with E-state index < -0.39 is 0 Å². The quantitative estimate of drug-likeness (QED) is 0.635. The van der Waals surface area contributed by atoms with Crippen molar-refractivity contribution < 1.29 is 0 Å². The van der Waals surface area contributed by atoms with Gasteiger partial charge in [-0.15, -0.1) is 11.7 Å². The lowest BCUT2D eigenvalue weighted by Crippen LogP contribution is -2.62. The predicted molar refractivity (Wildman–Crippen MR) is 105 cm³/mol. The summed E-state index contributed by atoms with van der Waals surface area (Å²) in [5.41, 5.74) is 2.02. The van der Waals surface area contributed by atoms with E-state index in [1.54, 1.807) is 10.8 Å².